The number of carbonyl (C=O) groups excluding carboxylic acids is 2. The van der Waals surface area contributed by atoms with Gasteiger partial charge in [-0.25, -0.2) is 14.5 Å². The Morgan fingerprint density at radius 2 is 1.81 bits per heavy atom. The van der Waals surface area contributed by atoms with Crippen LogP contribution >= 0.6 is 23.2 Å². The highest BCUT2D eigenvalue weighted by Crippen LogP contribution is 2.44. The molecule has 3 aromatic rings. The van der Waals surface area contributed by atoms with E-state index in [1.807, 2.05) is 11.8 Å². The number of rotatable bonds is 5. The number of H-pyrrole nitrogens is 1. The molecule has 11 heteroatoms. The Morgan fingerprint density at radius 1 is 1.14 bits per heavy atom. The molecule has 2 saturated heterocycles. The summed E-state index contributed by atoms with van der Waals surface area (Å²) in [4.78, 5) is 44.7. The van der Waals surface area contributed by atoms with Crippen LogP contribution in [-0.2, 0) is 4.79 Å². The lowest BCUT2D eigenvalue weighted by atomic mass is 9.81. The second kappa shape index (κ2) is 9.23. The summed E-state index contributed by atoms with van der Waals surface area (Å²) in [6, 6.07) is 15.8. The summed E-state index contributed by atoms with van der Waals surface area (Å²) in [6.07, 6.45) is 0. The fraction of sp³-hybridized carbons (Fsp3) is 0.231. The molecule has 2 aromatic carbocycles. The molecule has 5 rings (SSSR count). The molecular weight excluding hydrogens is 517 g/mol. The van der Waals surface area contributed by atoms with Gasteiger partial charge in [-0.2, -0.15) is 5.26 Å². The molecule has 3 atom stereocenters. The minimum Gasteiger partial charge on any atom is -0.477 e. The first-order chi connectivity index (χ1) is 17.6. The zero-order valence-corrected chi connectivity index (χ0v) is 21.0. The van der Waals surface area contributed by atoms with Gasteiger partial charge in [0, 0.05) is 40.8 Å². The Bertz CT molecular complexity index is 1440. The van der Waals surface area contributed by atoms with Gasteiger partial charge in [-0.05, 0) is 55.0 Å². The first-order valence-electron chi connectivity index (χ1n) is 11.4. The quantitative estimate of drug-likeness (QED) is 0.409. The molecule has 3 heterocycles. The van der Waals surface area contributed by atoms with Gasteiger partial charge in [-0.1, -0.05) is 35.3 Å². The van der Waals surface area contributed by atoms with Crippen molar-refractivity contribution in [3.63, 3.8) is 0 Å². The van der Waals surface area contributed by atoms with E-state index in [0.29, 0.717) is 17.8 Å². The zero-order valence-electron chi connectivity index (χ0n) is 19.5. The second-order valence-electron chi connectivity index (χ2n) is 9.19. The first kappa shape index (κ1) is 24.8. The lowest BCUT2D eigenvalue weighted by Crippen LogP contribution is -2.53. The third kappa shape index (κ3) is 4.23. The van der Waals surface area contributed by atoms with Gasteiger partial charge in [-0.3, -0.25) is 9.69 Å². The average molecular weight is 538 g/mol. The Labute approximate surface area is 222 Å². The summed E-state index contributed by atoms with van der Waals surface area (Å²) in [7, 11) is 0. The minimum absolute atomic E-state index is 0.0636. The van der Waals surface area contributed by atoms with Gasteiger partial charge in [0.05, 0.1) is 17.3 Å². The maximum atomic E-state index is 14.1. The Balaban J connectivity index is 1.55. The molecule has 0 aliphatic carbocycles. The number of amides is 3. The predicted octanol–water partition coefficient (Wildman–Crippen LogP) is 4.55. The summed E-state index contributed by atoms with van der Waals surface area (Å²) in [6.45, 7) is 2.47. The lowest BCUT2D eigenvalue weighted by Gasteiger charge is -2.28. The maximum absolute atomic E-state index is 14.1. The largest absolute Gasteiger partial charge is 0.477 e. The molecule has 2 aliphatic rings. The third-order valence-electron chi connectivity index (χ3n) is 7.07. The Hall–Kier alpha value is -3.84. The number of imide groups is 1. The number of nitrogens with zero attached hydrogens (tertiary/aromatic N) is 3. The van der Waals surface area contributed by atoms with Crippen molar-refractivity contribution in [3.8, 4) is 6.07 Å². The standard InChI is InChI=1S/C26H21Cl2N5O4/c1-14(21-6-7-22(30-21)23(34)35)32-12-20(16-4-2-15(11-29)3-5-16)26(13-32)24(36)33(25(37)31-26)19-9-17(27)8-18(28)10-19/h2-10,14,20,30H,12-13H2,1H3,(H,31,37)(H,34,35)/t14?,20-,26+/m0/s1. The number of carbonyl (C=O) groups is 3. The normalized spacial score (nSPS) is 22.3. The molecule has 1 unspecified atom stereocenters. The van der Waals surface area contributed by atoms with E-state index in [2.05, 4.69) is 16.4 Å². The Morgan fingerprint density at radius 3 is 2.41 bits per heavy atom. The number of anilines is 1. The van der Waals surface area contributed by atoms with Gasteiger partial charge in [0.2, 0.25) is 0 Å². The van der Waals surface area contributed by atoms with Gasteiger partial charge in [0.1, 0.15) is 11.2 Å². The van der Waals surface area contributed by atoms with E-state index < -0.39 is 29.4 Å². The summed E-state index contributed by atoms with van der Waals surface area (Å²) in [5, 5.41) is 22.0. The van der Waals surface area contributed by atoms with E-state index >= 15 is 0 Å². The van der Waals surface area contributed by atoms with Crippen LogP contribution < -0.4 is 10.2 Å². The fourth-order valence-electron chi connectivity index (χ4n) is 5.18. The maximum Gasteiger partial charge on any atom is 0.352 e. The molecule has 1 aromatic heterocycles. The van der Waals surface area contributed by atoms with Crippen LogP contribution in [0.5, 0.6) is 0 Å². The van der Waals surface area contributed by atoms with Crippen molar-refractivity contribution >= 4 is 46.8 Å². The monoisotopic (exact) mass is 537 g/mol. The number of carboxylic acid groups (broad SMARTS) is 1. The van der Waals surface area contributed by atoms with Crippen LogP contribution in [0.15, 0.2) is 54.6 Å². The van der Waals surface area contributed by atoms with Crippen molar-refractivity contribution in [3.05, 3.63) is 87.2 Å². The first-order valence-corrected chi connectivity index (χ1v) is 12.2. The van der Waals surface area contributed by atoms with Crippen molar-refractivity contribution < 1.29 is 19.5 Å². The second-order valence-corrected chi connectivity index (χ2v) is 10.1. The van der Waals surface area contributed by atoms with Crippen molar-refractivity contribution in [1.82, 2.24) is 15.2 Å². The van der Waals surface area contributed by atoms with Crippen LogP contribution in [0, 0.1) is 11.3 Å². The van der Waals surface area contributed by atoms with Gasteiger partial charge in [-0.15, -0.1) is 0 Å². The molecule has 3 N–H and O–H groups in total. The lowest BCUT2D eigenvalue weighted by molar-refractivity contribution is -0.122. The molecule has 9 nitrogen and oxygen atoms in total. The SMILES string of the molecule is CC(c1ccc(C(=O)O)[nH]1)N1C[C@@H](c2ccc(C#N)cc2)[C@@]2(C1)NC(=O)N(c1cc(Cl)cc(Cl)c1)C2=O. The number of nitrogens with one attached hydrogen (secondary N) is 2. The highest BCUT2D eigenvalue weighted by Gasteiger charge is 2.61. The van der Waals surface area contributed by atoms with Gasteiger partial charge >= 0.3 is 12.0 Å². The van der Waals surface area contributed by atoms with Gasteiger partial charge in [0.25, 0.3) is 5.91 Å². The Kier molecular flexibility index (Phi) is 6.20. The molecule has 1 spiro atoms. The zero-order chi connectivity index (χ0) is 26.5. The van der Waals surface area contributed by atoms with Crippen LogP contribution in [-0.4, -0.2) is 51.5 Å². The summed E-state index contributed by atoms with van der Waals surface area (Å²) in [5.74, 6) is -1.97. The number of aromatic carboxylic acids is 1. The van der Waals surface area contributed by atoms with Crippen LogP contribution in [0.3, 0.4) is 0 Å². The highest BCUT2D eigenvalue weighted by atomic mass is 35.5. The summed E-state index contributed by atoms with van der Waals surface area (Å²) >= 11 is 12.3. The number of hydrogen-bond donors (Lipinski definition) is 3. The van der Waals surface area contributed by atoms with Crippen molar-refractivity contribution in [2.75, 3.05) is 18.0 Å². The molecule has 0 saturated carbocycles. The molecule has 2 fully saturated rings. The number of carboxylic acids is 1. The third-order valence-corrected chi connectivity index (χ3v) is 7.50. The number of likely N-dealkylation sites (tertiary alicyclic amines) is 1. The van der Waals surface area contributed by atoms with Crippen LogP contribution in [0.1, 0.15) is 46.2 Å². The molecule has 0 bridgehead atoms. The number of nitriles is 1. The number of aromatic nitrogens is 1. The molecule has 37 heavy (non-hydrogen) atoms. The van der Waals surface area contributed by atoms with E-state index in [4.69, 9.17) is 23.2 Å². The topological polar surface area (TPSA) is 130 Å². The van der Waals surface area contributed by atoms with Crippen molar-refractivity contribution in [2.24, 2.45) is 0 Å². The number of aromatic amines is 1. The number of benzene rings is 2. The highest BCUT2D eigenvalue weighted by molar-refractivity contribution is 6.35. The van der Waals surface area contributed by atoms with E-state index in [1.54, 1.807) is 30.3 Å². The van der Waals surface area contributed by atoms with Gasteiger partial charge in [0.15, 0.2) is 0 Å². The average Bonchev–Trinajstić information content (AvgIpc) is 3.55. The van der Waals surface area contributed by atoms with Gasteiger partial charge < -0.3 is 15.4 Å². The number of hydrogen-bond acceptors (Lipinski definition) is 5. The van der Waals surface area contributed by atoms with E-state index in [0.717, 1.165) is 10.5 Å². The van der Waals surface area contributed by atoms with Crippen LogP contribution in [0.25, 0.3) is 0 Å². The van der Waals surface area contributed by atoms with Crippen LogP contribution in [0.4, 0.5) is 10.5 Å². The fourth-order valence-corrected chi connectivity index (χ4v) is 5.69. The minimum atomic E-state index is -1.31. The van der Waals surface area contributed by atoms with E-state index in [9.17, 15) is 24.8 Å². The van der Waals surface area contributed by atoms with Crippen molar-refractivity contribution in [2.45, 2.75) is 24.4 Å². The van der Waals surface area contributed by atoms with Crippen molar-refractivity contribution in [1.29, 1.82) is 5.26 Å². The molecule has 2 aliphatic heterocycles. The van der Waals surface area contributed by atoms with Crippen LogP contribution in [0.2, 0.25) is 10.0 Å². The van der Waals surface area contributed by atoms with E-state index in [-0.39, 0.29) is 34.0 Å². The molecular formula is C26H21Cl2N5O4. The molecule has 3 amide bonds. The smallest absolute Gasteiger partial charge is 0.352 e. The molecule has 188 valence electrons. The number of urea groups is 1. The summed E-state index contributed by atoms with van der Waals surface area (Å²) < 4.78 is 0. The predicted molar refractivity (Wildman–Crippen MR) is 137 cm³/mol. The summed E-state index contributed by atoms with van der Waals surface area (Å²) in [5.41, 5.74) is 0.947. The molecule has 0 radical (unpaired) electrons. The number of halogens is 2. The van der Waals surface area contributed by atoms with E-state index in [1.165, 1.54) is 24.3 Å².